The van der Waals surface area contributed by atoms with Crippen molar-refractivity contribution in [2.75, 3.05) is 44.2 Å². The van der Waals surface area contributed by atoms with E-state index < -0.39 is 0 Å². The van der Waals surface area contributed by atoms with Crippen molar-refractivity contribution >= 4 is 23.4 Å². The number of carbonyl (C=O) groups excluding carboxylic acids is 1. The highest BCUT2D eigenvalue weighted by Gasteiger charge is 2.27. The fraction of sp³-hybridized carbons (Fsp3) is 0.524. The number of fused-ring (bicyclic) bond motifs is 1. The summed E-state index contributed by atoms with van der Waals surface area (Å²) in [4.78, 5) is 20.9. The molecule has 1 atom stereocenters. The Bertz CT molecular complexity index is 816. The van der Waals surface area contributed by atoms with E-state index in [4.69, 9.17) is 4.52 Å². The molecule has 2 aliphatic heterocycles. The van der Waals surface area contributed by atoms with Crippen molar-refractivity contribution in [2.45, 2.75) is 37.0 Å². The number of thioether (sulfide) groups is 1. The number of aromatic nitrogens is 1. The Morgan fingerprint density at radius 2 is 1.93 bits per heavy atom. The Hall–Kier alpha value is -1.83. The second-order valence-corrected chi connectivity index (χ2v) is 9.20. The molecule has 0 aliphatic carbocycles. The highest BCUT2D eigenvalue weighted by atomic mass is 32.2. The maximum Gasteiger partial charge on any atom is 0.241 e. The Morgan fingerprint density at radius 1 is 1.18 bits per heavy atom. The predicted octanol–water partition coefficient (Wildman–Crippen LogP) is 3.02. The van der Waals surface area contributed by atoms with Gasteiger partial charge in [0.1, 0.15) is 0 Å². The van der Waals surface area contributed by atoms with Gasteiger partial charge in [-0.05, 0) is 25.5 Å². The molecule has 0 saturated carbocycles. The number of hydrogen-bond donors (Lipinski definition) is 0. The van der Waals surface area contributed by atoms with Crippen LogP contribution in [0.25, 0.3) is 0 Å². The summed E-state index contributed by atoms with van der Waals surface area (Å²) in [7, 11) is 0. The summed E-state index contributed by atoms with van der Waals surface area (Å²) in [5, 5.41) is 4.49. The van der Waals surface area contributed by atoms with Crippen LogP contribution in [0.3, 0.4) is 0 Å². The summed E-state index contributed by atoms with van der Waals surface area (Å²) >= 11 is 1.87. The number of aryl methyl sites for hydroxylation is 1. The number of hydrogen-bond acceptors (Lipinski definition) is 6. The first kappa shape index (κ1) is 19.5. The highest BCUT2D eigenvalue weighted by molar-refractivity contribution is 8.00. The average Bonchev–Trinajstić information content (AvgIpc) is 3.00. The minimum Gasteiger partial charge on any atom is -0.360 e. The molecule has 3 heterocycles. The molecule has 1 saturated heterocycles. The third-order valence-electron chi connectivity index (χ3n) is 5.42. The van der Waals surface area contributed by atoms with Gasteiger partial charge in [-0.25, -0.2) is 0 Å². The number of nitrogens with zero attached hydrogens (tertiary/aromatic N) is 4. The molecular weight excluding hydrogens is 372 g/mol. The van der Waals surface area contributed by atoms with Gasteiger partial charge in [0.05, 0.1) is 24.5 Å². The van der Waals surface area contributed by atoms with E-state index in [9.17, 15) is 4.79 Å². The molecule has 4 rings (SSSR count). The number of rotatable bonds is 4. The first-order chi connectivity index (χ1) is 13.6. The van der Waals surface area contributed by atoms with Crippen molar-refractivity contribution in [3.63, 3.8) is 0 Å². The first-order valence-electron chi connectivity index (χ1n) is 10.0. The molecule has 2 aromatic rings. The Morgan fingerprint density at radius 3 is 2.68 bits per heavy atom. The van der Waals surface area contributed by atoms with Crippen molar-refractivity contribution in [3.8, 4) is 0 Å². The van der Waals surface area contributed by atoms with Gasteiger partial charge in [0.15, 0.2) is 5.76 Å². The van der Waals surface area contributed by atoms with E-state index in [2.05, 4.69) is 40.1 Å². The molecule has 1 aromatic carbocycles. The standard InChI is InChI=1S/C21H28N4O2S/c1-16-13-18(27-22-16)14-23-9-11-24(12-10-23)15-21(26)25-8-7-17(2)28-20-6-4-3-5-19(20)25/h3-6,13,17H,7-12,14-15H2,1-2H3. The molecule has 1 aromatic heterocycles. The summed E-state index contributed by atoms with van der Waals surface area (Å²) in [6, 6.07) is 10.3. The zero-order chi connectivity index (χ0) is 19.5. The zero-order valence-electron chi connectivity index (χ0n) is 16.6. The highest BCUT2D eigenvalue weighted by Crippen LogP contribution is 2.37. The van der Waals surface area contributed by atoms with E-state index in [1.165, 1.54) is 4.90 Å². The van der Waals surface area contributed by atoms with Gasteiger partial charge in [-0.1, -0.05) is 24.2 Å². The van der Waals surface area contributed by atoms with E-state index in [0.29, 0.717) is 11.8 Å². The average molecular weight is 401 g/mol. The zero-order valence-corrected chi connectivity index (χ0v) is 17.5. The minimum atomic E-state index is 0.210. The number of piperazine rings is 1. The fourth-order valence-corrected chi connectivity index (χ4v) is 4.95. The van der Waals surface area contributed by atoms with Crippen LogP contribution < -0.4 is 4.90 Å². The van der Waals surface area contributed by atoms with Gasteiger partial charge in [-0.3, -0.25) is 14.6 Å². The lowest BCUT2D eigenvalue weighted by Gasteiger charge is -2.35. The van der Waals surface area contributed by atoms with Crippen LogP contribution in [0.4, 0.5) is 5.69 Å². The maximum absolute atomic E-state index is 13.1. The molecular formula is C21H28N4O2S. The van der Waals surface area contributed by atoms with Crippen LogP contribution in [0.2, 0.25) is 0 Å². The Balaban J connectivity index is 1.33. The third-order valence-corrected chi connectivity index (χ3v) is 6.66. The lowest BCUT2D eigenvalue weighted by atomic mass is 10.2. The monoisotopic (exact) mass is 400 g/mol. The molecule has 1 amide bonds. The molecule has 0 spiro atoms. The number of anilines is 1. The summed E-state index contributed by atoms with van der Waals surface area (Å²) in [6.07, 6.45) is 1.02. The van der Waals surface area contributed by atoms with Crippen molar-refractivity contribution in [1.82, 2.24) is 15.0 Å². The van der Waals surface area contributed by atoms with E-state index in [1.54, 1.807) is 0 Å². The van der Waals surface area contributed by atoms with Crippen LogP contribution in [0.5, 0.6) is 0 Å². The maximum atomic E-state index is 13.1. The quantitative estimate of drug-likeness (QED) is 0.786. The van der Waals surface area contributed by atoms with Gasteiger partial charge in [-0.15, -0.1) is 11.8 Å². The van der Waals surface area contributed by atoms with Crippen LogP contribution in [0.15, 0.2) is 39.8 Å². The van der Waals surface area contributed by atoms with Crippen molar-refractivity contribution in [2.24, 2.45) is 0 Å². The Labute approximate surface area is 170 Å². The SMILES string of the molecule is Cc1cc(CN2CCN(CC(=O)N3CCC(C)Sc4ccccc43)CC2)on1. The van der Waals surface area contributed by atoms with E-state index >= 15 is 0 Å². The second-order valence-electron chi connectivity index (χ2n) is 7.72. The molecule has 0 N–H and O–H groups in total. The van der Waals surface area contributed by atoms with Crippen molar-refractivity contribution in [1.29, 1.82) is 0 Å². The molecule has 150 valence electrons. The van der Waals surface area contributed by atoms with E-state index in [-0.39, 0.29) is 5.91 Å². The van der Waals surface area contributed by atoms with Gasteiger partial charge < -0.3 is 9.42 Å². The van der Waals surface area contributed by atoms with Crippen LogP contribution >= 0.6 is 11.8 Å². The van der Waals surface area contributed by atoms with Gasteiger partial charge in [0.25, 0.3) is 0 Å². The topological polar surface area (TPSA) is 52.8 Å². The fourth-order valence-electron chi connectivity index (χ4n) is 3.84. The number of amides is 1. The second kappa shape index (κ2) is 8.68. The van der Waals surface area contributed by atoms with Crippen LogP contribution in [0.1, 0.15) is 24.8 Å². The predicted molar refractivity (Wildman–Crippen MR) is 112 cm³/mol. The van der Waals surface area contributed by atoms with Crippen LogP contribution in [-0.2, 0) is 11.3 Å². The normalized spacial score (nSPS) is 21.4. The lowest BCUT2D eigenvalue weighted by molar-refractivity contribution is -0.120. The molecule has 0 radical (unpaired) electrons. The number of benzene rings is 1. The first-order valence-corrected chi connectivity index (χ1v) is 10.9. The molecule has 0 bridgehead atoms. The van der Waals surface area contributed by atoms with Gasteiger partial charge in [0.2, 0.25) is 5.91 Å². The molecule has 6 nitrogen and oxygen atoms in total. The summed E-state index contributed by atoms with van der Waals surface area (Å²) in [6.45, 7) is 9.95. The number of carbonyl (C=O) groups is 1. The number of para-hydroxylation sites is 1. The molecule has 28 heavy (non-hydrogen) atoms. The van der Waals surface area contributed by atoms with Gasteiger partial charge in [0, 0.05) is 48.9 Å². The van der Waals surface area contributed by atoms with Crippen molar-refractivity contribution < 1.29 is 9.32 Å². The van der Waals surface area contributed by atoms with Crippen LogP contribution in [0, 0.1) is 6.92 Å². The van der Waals surface area contributed by atoms with Crippen molar-refractivity contribution in [3.05, 3.63) is 41.8 Å². The molecule has 1 fully saturated rings. The minimum absolute atomic E-state index is 0.210. The largest absolute Gasteiger partial charge is 0.360 e. The smallest absolute Gasteiger partial charge is 0.241 e. The molecule has 7 heteroatoms. The van der Waals surface area contributed by atoms with Gasteiger partial charge in [-0.2, -0.15) is 0 Å². The summed E-state index contributed by atoms with van der Waals surface area (Å²) < 4.78 is 5.32. The van der Waals surface area contributed by atoms with E-state index in [1.807, 2.05) is 35.7 Å². The molecule has 1 unspecified atom stereocenters. The summed E-state index contributed by atoms with van der Waals surface area (Å²) in [5.74, 6) is 1.12. The van der Waals surface area contributed by atoms with Crippen LogP contribution in [-0.4, -0.2) is 65.4 Å². The third kappa shape index (κ3) is 4.59. The van der Waals surface area contributed by atoms with Gasteiger partial charge >= 0.3 is 0 Å². The van der Waals surface area contributed by atoms with E-state index in [0.717, 1.165) is 62.8 Å². The summed E-state index contributed by atoms with van der Waals surface area (Å²) in [5.41, 5.74) is 1.99. The lowest BCUT2D eigenvalue weighted by Crippen LogP contribution is -2.50. The molecule has 2 aliphatic rings. The Kier molecular flexibility index (Phi) is 6.04.